The van der Waals surface area contributed by atoms with Crippen LogP contribution in [0.1, 0.15) is 19.3 Å². The minimum Gasteiger partial charge on any atom is -0.495 e. The van der Waals surface area contributed by atoms with Crippen LogP contribution in [-0.2, 0) is 57.1 Å². The van der Waals surface area contributed by atoms with Gasteiger partial charge in [-0.05, 0) is 40.8 Å². The molecule has 1 saturated heterocycles. The molecule has 1 aromatic carbocycles. The van der Waals surface area contributed by atoms with Crippen LogP contribution < -0.4 is 20.3 Å². The van der Waals surface area contributed by atoms with E-state index in [-0.39, 0.29) is 39.2 Å². The van der Waals surface area contributed by atoms with Gasteiger partial charge < -0.3 is 58.4 Å². The van der Waals surface area contributed by atoms with Crippen molar-refractivity contribution in [2.75, 3.05) is 131 Å². The third-order valence-corrected chi connectivity index (χ3v) is 7.99. The van der Waals surface area contributed by atoms with E-state index in [1.807, 2.05) is 0 Å². The number of halogens is 1. The number of hydrogen-bond acceptors (Lipinski definition) is 14. The van der Waals surface area contributed by atoms with Gasteiger partial charge in [-0.2, -0.15) is 0 Å². The summed E-state index contributed by atoms with van der Waals surface area (Å²) in [7, 11) is 3.08. The van der Waals surface area contributed by atoms with E-state index in [2.05, 4.69) is 33.2 Å². The average molecular weight is 885 g/mol. The van der Waals surface area contributed by atoms with Crippen LogP contribution in [0.4, 0.5) is 10.5 Å². The molecule has 5 amide bonds. The number of carbonyl (C=O) groups is 5. The topological polar surface area (TPSA) is 219 Å². The maximum absolute atomic E-state index is 13.2. The second-order valence-electron chi connectivity index (χ2n) is 11.3. The number of nitrogens with zero attached hydrogens (tertiary/aromatic N) is 2. The normalized spacial score (nSPS) is 13.6. The predicted molar refractivity (Wildman–Crippen MR) is 199 cm³/mol. The Labute approximate surface area is 328 Å². The number of methoxy groups -OCH3 is 2. The van der Waals surface area contributed by atoms with Crippen LogP contribution >= 0.6 is 22.6 Å². The first-order chi connectivity index (χ1) is 26.2. The summed E-state index contributed by atoms with van der Waals surface area (Å²) in [6, 6.07) is 3.10. The van der Waals surface area contributed by atoms with Gasteiger partial charge in [0.2, 0.25) is 17.7 Å². The first-order valence-electron chi connectivity index (χ1n) is 17.4. The van der Waals surface area contributed by atoms with E-state index in [1.165, 1.54) is 12.0 Å². The molecule has 1 aliphatic heterocycles. The van der Waals surface area contributed by atoms with E-state index in [1.54, 1.807) is 25.3 Å². The Hall–Kier alpha value is -3.22. The van der Waals surface area contributed by atoms with Crippen molar-refractivity contribution in [3.63, 3.8) is 0 Å². The van der Waals surface area contributed by atoms with E-state index in [4.69, 9.17) is 42.6 Å². The smallest absolute Gasteiger partial charge is 0.332 e. The largest absolute Gasteiger partial charge is 0.495 e. The highest BCUT2D eigenvalue weighted by Crippen LogP contribution is 2.32. The molecule has 1 aromatic rings. The molecule has 19 nitrogen and oxygen atoms in total. The van der Waals surface area contributed by atoms with Gasteiger partial charge in [-0.3, -0.25) is 24.1 Å². The molecular weight excluding hydrogens is 831 g/mol. The van der Waals surface area contributed by atoms with Crippen molar-refractivity contribution in [2.24, 2.45) is 0 Å². The fourth-order valence-electron chi connectivity index (χ4n) is 4.60. The Morgan fingerprint density at radius 2 is 1.28 bits per heavy atom. The molecule has 1 atom stereocenters. The summed E-state index contributed by atoms with van der Waals surface area (Å²) in [5.41, 5.74) is 0.461. The van der Waals surface area contributed by atoms with Gasteiger partial charge in [0, 0.05) is 30.1 Å². The summed E-state index contributed by atoms with van der Waals surface area (Å²) in [4.78, 5) is 64.8. The van der Waals surface area contributed by atoms with Crippen molar-refractivity contribution in [1.82, 2.24) is 15.5 Å². The van der Waals surface area contributed by atoms with Crippen molar-refractivity contribution in [2.45, 2.75) is 25.3 Å². The second kappa shape index (κ2) is 29.1. The third-order valence-electron chi connectivity index (χ3n) is 7.32. The van der Waals surface area contributed by atoms with Crippen LogP contribution in [0.5, 0.6) is 5.75 Å². The number of amides is 5. The highest BCUT2D eigenvalue weighted by Gasteiger charge is 2.35. The third kappa shape index (κ3) is 19.9. The van der Waals surface area contributed by atoms with E-state index in [0.717, 1.165) is 8.47 Å². The molecule has 3 N–H and O–H groups in total. The Morgan fingerprint density at radius 3 is 1.76 bits per heavy atom. The van der Waals surface area contributed by atoms with Crippen LogP contribution in [0.15, 0.2) is 18.2 Å². The number of benzene rings is 1. The molecule has 0 aromatic heterocycles. The Morgan fingerprint density at radius 1 is 0.778 bits per heavy atom. The zero-order chi connectivity index (χ0) is 39.4. The molecular formula is C34H53IN4O15. The minimum absolute atomic E-state index is 0.0000432. The van der Waals surface area contributed by atoms with Gasteiger partial charge in [0.25, 0.3) is 0 Å². The quantitative estimate of drug-likeness (QED) is 0.0669. The van der Waals surface area contributed by atoms with Crippen molar-refractivity contribution in [3.8, 4) is 5.75 Å². The molecule has 2 rings (SSSR count). The van der Waals surface area contributed by atoms with E-state index in [9.17, 15) is 29.1 Å². The zero-order valence-corrected chi connectivity index (χ0v) is 33.0. The van der Waals surface area contributed by atoms with Crippen LogP contribution in [0.3, 0.4) is 0 Å². The number of hydrogen-bond donors (Lipinski definition) is 3. The number of ether oxygens (including phenoxy) is 9. The van der Waals surface area contributed by atoms with Crippen molar-refractivity contribution >= 4 is 58.0 Å². The summed E-state index contributed by atoms with van der Waals surface area (Å²) in [6.07, 6.45) is -0.874. The van der Waals surface area contributed by atoms with Crippen LogP contribution in [-0.4, -0.2) is 172 Å². The summed E-state index contributed by atoms with van der Waals surface area (Å²) in [5, 5.41) is 14.1. The molecule has 0 aliphatic carbocycles. The van der Waals surface area contributed by atoms with Gasteiger partial charge in [0.15, 0.2) is 0 Å². The molecule has 0 bridgehead atoms. The molecule has 1 fully saturated rings. The monoisotopic (exact) mass is 884 g/mol. The predicted octanol–water partition coefficient (Wildman–Crippen LogP) is 0.644. The summed E-state index contributed by atoms with van der Waals surface area (Å²) in [6.45, 7) is 5.54. The van der Waals surface area contributed by atoms with Gasteiger partial charge in [-0.1, -0.05) is 0 Å². The summed E-state index contributed by atoms with van der Waals surface area (Å²) in [5.74, 6) is -2.92. The fraction of sp³-hybridized carbons (Fsp3) is 0.676. The first-order valence-corrected chi connectivity index (χ1v) is 18.5. The molecule has 54 heavy (non-hydrogen) atoms. The Kier molecular flexibility index (Phi) is 25.3. The molecule has 1 aliphatic rings. The number of imide groups is 1. The van der Waals surface area contributed by atoms with Gasteiger partial charge in [0.1, 0.15) is 18.5 Å². The molecule has 20 heteroatoms. The molecule has 0 spiro atoms. The van der Waals surface area contributed by atoms with Crippen molar-refractivity contribution in [3.05, 3.63) is 21.8 Å². The van der Waals surface area contributed by atoms with Gasteiger partial charge in [-0.15, -0.1) is 0 Å². The second-order valence-corrected chi connectivity index (χ2v) is 12.5. The number of anilines is 1. The minimum atomic E-state index is -1.45. The number of carboxylic acid groups (broad SMARTS) is 1. The van der Waals surface area contributed by atoms with E-state index < -0.39 is 48.9 Å². The maximum atomic E-state index is 13.2. The molecule has 306 valence electrons. The lowest BCUT2D eigenvalue weighted by molar-refractivity contribution is -0.141. The van der Waals surface area contributed by atoms with Crippen molar-refractivity contribution in [1.29, 1.82) is 0 Å². The van der Waals surface area contributed by atoms with Gasteiger partial charge in [-0.25, -0.2) is 9.69 Å². The van der Waals surface area contributed by atoms with Crippen LogP contribution in [0.2, 0.25) is 0 Å². The molecule has 1 unspecified atom stereocenters. The average Bonchev–Trinajstić information content (AvgIpc) is 3.14. The van der Waals surface area contributed by atoms with Gasteiger partial charge >= 0.3 is 12.0 Å². The maximum Gasteiger partial charge on any atom is 0.332 e. The lowest BCUT2D eigenvalue weighted by atomic mass is 10.2. The Balaban J connectivity index is 1.53. The van der Waals surface area contributed by atoms with Gasteiger partial charge in [0.05, 0.1) is 118 Å². The number of carboxylic acids is 1. The van der Waals surface area contributed by atoms with E-state index in [0.29, 0.717) is 90.7 Å². The fourth-order valence-corrected chi connectivity index (χ4v) is 5.08. The molecule has 0 radical (unpaired) electrons. The Bertz CT molecular complexity index is 1280. The summed E-state index contributed by atoms with van der Waals surface area (Å²) < 4.78 is 48.9. The standard InChI is InChI=1S/C34H53IN4O15/c1-46-9-10-49-13-14-51-17-18-53-21-22-54-20-19-52-16-15-50-12-11-48-8-6-30(40)37-27(24-32(42)43)33(44)36-25-39-31(41)5-7-38(34(39)45)28-23-26(35)3-4-29(28)47-2/h3-4,23,27H,5-22,24-25H2,1-2H3,(H,36,44)(H,37,40)(H,42,43). The number of nitrogens with one attached hydrogen (secondary N) is 2. The number of aliphatic carboxylic acids is 1. The zero-order valence-electron chi connectivity index (χ0n) is 30.9. The lowest BCUT2D eigenvalue weighted by Gasteiger charge is -2.35. The molecule has 0 saturated carbocycles. The number of carbonyl (C=O) groups excluding carboxylic acids is 4. The highest BCUT2D eigenvalue weighted by molar-refractivity contribution is 14.1. The number of urea groups is 1. The molecule has 1 heterocycles. The van der Waals surface area contributed by atoms with Crippen LogP contribution in [0.25, 0.3) is 0 Å². The lowest BCUT2D eigenvalue weighted by Crippen LogP contribution is -2.57. The van der Waals surface area contributed by atoms with Crippen LogP contribution in [0, 0.1) is 3.57 Å². The first kappa shape index (κ1) is 46.9. The SMILES string of the molecule is COCCOCCOCCOCCOCCOCCOCCOCCC(=O)NC(CC(=O)O)C(=O)NCN1C(=O)CCN(c2cc(I)ccc2OC)C1=O. The highest BCUT2D eigenvalue weighted by atomic mass is 127. The summed E-state index contributed by atoms with van der Waals surface area (Å²) >= 11 is 2.09. The number of rotatable bonds is 32. The van der Waals surface area contributed by atoms with Crippen molar-refractivity contribution < 1.29 is 71.7 Å². The van der Waals surface area contributed by atoms with E-state index >= 15 is 0 Å².